The molecule has 0 fully saturated rings. The number of halogens is 1. The van der Waals surface area contributed by atoms with E-state index in [0.717, 1.165) is 12.0 Å². The van der Waals surface area contributed by atoms with E-state index in [1.165, 1.54) is 56.9 Å². The van der Waals surface area contributed by atoms with Crippen LogP contribution in [0.15, 0.2) is 18.2 Å². The molecule has 0 aromatic heterocycles. The van der Waals surface area contributed by atoms with E-state index in [4.69, 9.17) is 5.73 Å². The number of primary amides is 1. The topological polar surface area (TPSA) is 43.1 Å². The summed E-state index contributed by atoms with van der Waals surface area (Å²) in [4.78, 5) is 11.3. The van der Waals surface area contributed by atoms with E-state index in [9.17, 15) is 4.79 Å². The van der Waals surface area contributed by atoms with Gasteiger partial charge in [0, 0.05) is 5.56 Å². The summed E-state index contributed by atoms with van der Waals surface area (Å²) in [5.41, 5.74) is 8.38. The molecule has 120 valence electrons. The Balaban J connectivity index is 0.00000400. The first-order valence-corrected chi connectivity index (χ1v) is 8.05. The van der Waals surface area contributed by atoms with Gasteiger partial charge in [-0.2, -0.15) is 0 Å². The lowest BCUT2D eigenvalue weighted by molar-refractivity contribution is 0.0999. The van der Waals surface area contributed by atoms with Gasteiger partial charge in [-0.25, -0.2) is 0 Å². The minimum Gasteiger partial charge on any atom is -0.366 e. The van der Waals surface area contributed by atoms with Gasteiger partial charge in [-0.3, -0.25) is 4.79 Å². The highest BCUT2D eigenvalue weighted by atomic mass is 35.5. The molecule has 0 aliphatic rings. The van der Waals surface area contributed by atoms with E-state index in [0.29, 0.717) is 5.56 Å². The van der Waals surface area contributed by atoms with Crippen LogP contribution in [0.5, 0.6) is 0 Å². The number of nitrogens with two attached hydrogens (primary N) is 1. The molecule has 0 atom stereocenters. The Morgan fingerprint density at radius 3 is 2.14 bits per heavy atom. The summed E-state index contributed by atoms with van der Waals surface area (Å²) in [6, 6.07) is 5.87. The highest BCUT2D eigenvalue weighted by Crippen LogP contribution is 2.17. The lowest BCUT2D eigenvalue weighted by Crippen LogP contribution is -2.13. The molecule has 0 unspecified atom stereocenters. The fourth-order valence-electron chi connectivity index (χ4n) is 2.67. The summed E-state index contributed by atoms with van der Waals surface area (Å²) >= 11 is 0. The molecule has 0 aliphatic carbocycles. The second-order valence-electron chi connectivity index (χ2n) is 5.68. The van der Waals surface area contributed by atoms with Crippen LogP contribution >= 0.6 is 12.4 Å². The number of carbonyl (C=O) groups is 1. The van der Waals surface area contributed by atoms with Crippen molar-refractivity contribution in [2.24, 2.45) is 5.73 Å². The average molecular weight is 312 g/mol. The highest BCUT2D eigenvalue weighted by Gasteiger charge is 2.07. The van der Waals surface area contributed by atoms with Crippen LogP contribution < -0.4 is 5.73 Å². The van der Waals surface area contributed by atoms with E-state index in [-0.39, 0.29) is 18.3 Å². The highest BCUT2D eigenvalue weighted by molar-refractivity contribution is 5.94. The van der Waals surface area contributed by atoms with Gasteiger partial charge in [-0.15, -0.1) is 12.4 Å². The van der Waals surface area contributed by atoms with Gasteiger partial charge >= 0.3 is 0 Å². The summed E-state index contributed by atoms with van der Waals surface area (Å²) in [5.74, 6) is -0.319. The van der Waals surface area contributed by atoms with Crippen molar-refractivity contribution < 1.29 is 4.79 Å². The maximum Gasteiger partial charge on any atom is 0.248 e. The van der Waals surface area contributed by atoms with E-state index in [2.05, 4.69) is 13.0 Å². The lowest BCUT2D eigenvalue weighted by atomic mass is 9.97. The van der Waals surface area contributed by atoms with Crippen molar-refractivity contribution in [1.29, 1.82) is 0 Å². The number of benzene rings is 1. The average Bonchev–Trinajstić information content (AvgIpc) is 2.43. The number of carbonyl (C=O) groups excluding carboxylic acids is 1. The summed E-state index contributed by atoms with van der Waals surface area (Å²) in [6.07, 6.45) is 11.7. The van der Waals surface area contributed by atoms with Gasteiger partial charge in [0.05, 0.1) is 0 Å². The Morgan fingerprint density at radius 1 is 1.00 bits per heavy atom. The lowest BCUT2D eigenvalue weighted by Gasteiger charge is -2.09. The first kappa shape index (κ1) is 20.0. The quantitative estimate of drug-likeness (QED) is 0.593. The van der Waals surface area contributed by atoms with Crippen molar-refractivity contribution in [3.05, 3.63) is 34.9 Å². The number of unbranched alkanes of at least 4 members (excludes halogenated alkanes) is 7. The second kappa shape index (κ2) is 11.6. The van der Waals surface area contributed by atoms with Gasteiger partial charge in [-0.1, -0.05) is 64.0 Å². The SMILES string of the molecule is CCCCCCCCCCc1cccc(C(N)=O)c1C.Cl. The van der Waals surface area contributed by atoms with Crippen LogP contribution in [0.25, 0.3) is 0 Å². The van der Waals surface area contributed by atoms with Crippen molar-refractivity contribution in [2.75, 3.05) is 0 Å². The zero-order valence-corrected chi connectivity index (χ0v) is 14.3. The molecule has 1 rings (SSSR count). The molecule has 0 radical (unpaired) electrons. The molecule has 0 saturated heterocycles. The largest absolute Gasteiger partial charge is 0.366 e. The Labute approximate surface area is 135 Å². The number of rotatable bonds is 10. The molecule has 3 heteroatoms. The molecule has 2 N–H and O–H groups in total. The molecule has 1 amide bonds. The van der Waals surface area contributed by atoms with E-state index >= 15 is 0 Å². The van der Waals surface area contributed by atoms with Crippen LogP contribution in [-0.2, 0) is 6.42 Å². The van der Waals surface area contributed by atoms with Crippen molar-refractivity contribution in [3.8, 4) is 0 Å². The van der Waals surface area contributed by atoms with Gasteiger partial charge < -0.3 is 5.73 Å². The van der Waals surface area contributed by atoms with Crippen LogP contribution in [0, 0.1) is 6.92 Å². The predicted octanol–water partition coefficient (Wildman–Crippen LogP) is 5.20. The Morgan fingerprint density at radius 2 is 1.57 bits per heavy atom. The first-order chi connectivity index (χ1) is 9.66. The number of hydrogen-bond donors (Lipinski definition) is 1. The zero-order chi connectivity index (χ0) is 14.8. The van der Waals surface area contributed by atoms with E-state index < -0.39 is 0 Å². The van der Waals surface area contributed by atoms with E-state index in [1.807, 2.05) is 19.1 Å². The first-order valence-electron chi connectivity index (χ1n) is 8.05. The fourth-order valence-corrected chi connectivity index (χ4v) is 2.67. The fraction of sp³-hybridized carbons (Fsp3) is 0.611. The predicted molar refractivity (Wildman–Crippen MR) is 93.3 cm³/mol. The van der Waals surface area contributed by atoms with Crippen molar-refractivity contribution >= 4 is 18.3 Å². The third-order valence-electron chi connectivity index (χ3n) is 4.01. The molecule has 21 heavy (non-hydrogen) atoms. The molecule has 0 bridgehead atoms. The van der Waals surface area contributed by atoms with Gasteiger partial charge in [0.25, 0.3) is 0 Å². The second-order valence-corrected chi connectivity index (χ2v) is 5.68. The summed E-state index contributed by atoms with van der Waals surface area (Å²) in [7, 11) is 0. The summed E-state index contributed by atoms with van der Waals surface area (Å²) in [5, 5.41) is 0. The molecule has 0 spiro atoms. The minimum atomic E-state index is -0.319. The number of aryl methyl sites for hydroxylation is 1. The molecular weight excluding hydrogens is 282 g/mol. The van der Waals surface area contributed by atoms with Crippen molar-refractivity contribution in [3.63, 3.8) is 0 Å². The number of amides is 1. The molecule has 1 aromatic rings. The molecule has 0 saturated carbocycles. The summed E-state index contributed by atoms with van der Waals surface area (Å²) < 4.78 is 0. The van der Waals surface area contributed by atoms with Crippen molar-refractivity contribution in [2.45, 2.75) is 71.6 Å². The smallest absolute Gasteiger partial charge is 0.248 e. The maximum absolute atomic E-state index is 11.3. The van der Waals surface area contributed by atoms with Gasteiger partial charge in [0.15, 0.2) is 0 Å². The normalized spacial score (nSPS) is 10.2. The molecule has 1 aromatic carbocycles. The molecule has 0 heterocycles. The Hall–Kier alpha value is -1.02. The van der Waals surface area contributed by atoms with Gasteiger partial charge in [0.1, 0.15) is 0 Å². The van der Waals surface area contributed by atoms with Crippen LogP contribution in [-0.4, -0.2) is 5.91 Å². The van der Waals surface area contributed by atoms with Crippen LogP contribution in [0.1, 0.15) is 79.8 Å². The third kappa shape index (κ3) is 7.52. The Kier molecular flexibility index (Phi) is 11.1. The van der Waals surface area contributed by atoms with Crippen LogP contribution in [0.4, 0.5) is 0 Å². The van der Waals surface area contributed by atoms with Crippen molar-refractivity contribution in [1.82, 2.24) is 0 Å². The monoisotopic (exact) mass is 311 g/mol. The summed E-state index contributed by atoms with van der Waals surface area (Å²) in [6.45, 7) is 4.25. The minimum absolute atomic E-state index is 0. The van der Waals surface area contributed by atoms with Gasteiger partial charge in [-0.05, 0) is 37.0 Å². The third-order valence-corrected chi connectivity index (χ3v) is 4.01. The van der Waals surface area contributed by atoms with Gasteiger partial charge in [0.2, 0.25) is 5.91 Å². The van der Waals surface area contributed by atoms with Crippen LogP contribution in [0.2, 0.25) is 0 Å². The zero-order valence-electron chi connectivity index (χ0n) is 13.5. The maximum atomic E-state index is 11.3. The Bertz CT molecular complexity index is 418. The van der Waals surface area contributed by atoms with Crippen LogP contribution in [0.3, 0.4) is 0 Å². The molecule has 0 aliphatic heterocycles. The van der Waals surface area contributed by atoms with E-state index in [1.54, 1.807) is 0 Å². The molecule has 2 nitrogen and oxygen atoms in total. The molecular formula is C18H30ClNO. The standard InChI is InChI=1S/C18H29NO.ClH/c1-3-4-5-6-7-8-9-10-12-16-13-11-14-17(15(16)2)18(19)20;/h11,13-14H,3-10,12H2,1-2H3,(H2,19,20);1H. The number of hydrogen-bond acceptors (Lipinski definition) is 1.